The number of nitro benzene ring substituents is 1. The summed E-state index contributed by atoms with van der Waals surface area (Å²) in [4.78, 5) is 12.0. The third-order valence-electron chi connectivity index (χ3n) is 1.19. The van der Waals surface area contributed by atoms with Crippen LogP contribution in [0.4, 0.5) is 11.4 Å². The average Bonchev–Trinajstić information content (AvgIpc) is 2.05. The topological polar surface area (TPSA) is 55.2 Å². The highest BCUT2D eigenvalue weighted by molar-refractivity contribution is 6.23. The zero-order valence-electron chi connectivity index (χ0n) is 5.45. The molecule has 1 N–H and O–H groups in total. The number of non-ortho nitro benzene ring substituents is 1. The van der Waals surface area contributed by atoms with E-state index >= 15 is 0 Å². The Bertz CT molecular complexity index is 260. The summed E-state index contributed by atoms with van der Waals surface area (Å²) in [6.45, 7) is 0. The molecule has 58 valence electrons. The van der Waals surface area contributed by atoms with E-state index in [2.05, 4.69) is 4.84 Å². The fraction of sp³-hybridized carbons (Fsp3) is 0. The van der Waals surface area contributed by atoms with Crippen molar-refractivity contribution in [1.82, 2.24) is 0 Å². The van der Waals surface area contributed by atoms with Crippen molar-refractivity contribution in [2.75, 3.05) is 4.84 Å². The van der Waals surface area contributed by atoms with Gasteiger partial charge in [-0.3, -0.25) is 15.0 Å². The lowest BCUT2D eigenvalue weighted by molar-refractivity contribution is -0.384. The molecule has 11 heavy (non-hydrogen) atoms. The molecule has 0 aromatic heterocycles. The van der Waals surface area contributed by atoms with E-state index in [1.165, 1.54) is 24.3 Å². The number of halogens is 1. The van der Waals surface area contributed by atoms with Gasteiger partial charge in [0.1, 0.15) is 0 Å². The first-order chi connectivity index (χ1) is 5.24. The summed E-state index contributed by atoms with van der Waals surface area (Å²) in [6.07, 6.45) is 0. The van der Waals surface area contributed by atoms with E-state index in [1.807, 2.05) is 0 Å². The highest BCUT2D eigenvalue weighted by Gasteiger charge is 2.02. The summed E-state index contributed by atoms with van der Waals surface area (Å²) in [5.74, 6) is 0. The molecule has 0 aliphatic rings. The first-order valence-electron chi connectivity index (χ1n) is 2.85. The molecule has 4 nitrogen and oxygen atoms in total. The van der Waals surface area contributed by atoms with E-state index in [-0.39, 0.29) is 5.69 Å². The molecule has 0 aliphatic heterocycles. The molecular weight excluding hydrogens is 168 g/mol. The van der Waals surface area contributed by atoms with E-state index in [1.54, 1.807) is 0 Å². The molecule has 0 heterocycles. The van der Waals surface area contributed by atoms with Gasteiger partial charge in [0.05, 0.1) is 4.92 Å². The second kappa shape index (κ2) is 3.21. The van der Waals surface area contributed by atoms with E-state index in [0.29, 0.717) is 5.69 Å². The minimum Gasteiger partial charge on any atom is -0.299 e. The molecule has 0 aliphatic carbocycles. The van der Waals surface area contributed by atoms with Gasteiger partial charge < -0.3 is 0 Å². The van der Waals surface area contributed by atoms with Crippen molar-refractivity contribution < 1.29 is 4.92 Å². The lowest BCUT2D eigenvalue weighted by Gasteiger charge is -1.94. The third-order valence-corrected chi connectivity index (χ3v) is 1.41. The van der Waals surface area contributed by atoms with Crippen molar-refractivity contribution in [2.24, 2.45) is 0 Å². The monoisotopic (exact) mass is 172 g/mol. The molecule has 0 saturated carbocycles. The van der Waals surface area contributed by atoms with Gasteiger partial charge in [0.25, 0.3) is 5.69 Å². The van der Waals surface area contributed by atoms with Crippen LogP contribution in [0.15, 0.2) is 24.3 Å². The second-order valence-electron chi connectivity index (χ2n) is 1.90. The standard InChI is InChI=1S/C6H5ClN2O2/c7-8-5-1-3-6(4-2-5)9(10)11/h1-4,8H. The SMILES string of the molecule is O=[N+]([O-])c1ccc(NCl)cc1. The van der Waals surface area contributed by atoms with Gasteiger partial charge in [0.2, 0.25) is 0 Å². The van der Waals surface area contributed by atoms with Gasteiger partial charge in [-0.2, -0.15) is 0 Å². The van der Waals surface area contributed by atoms with E-state index < -0.39 is 4.92 Å². The summed E-state index contributed by atoms with van der Waals surface area (Å²) >= 11 is 5.24. The first kappa shape index (κ1) is 7.81. The predicted octanol–water partition coefficient (Wildman–Crippen LogP) is 2.16. The van der Waals surface area contributed by atoms with Crippen molar-refractivity contribution in [3.63, 3.8) is 0 Å². The molecule has 0 bridgehead atoms. The summed E-state index contributed by atoms with van der Waals surface area (Å²) in [5, 5.41) is 10.2. The number of nitro groups is 1. The predicted molar refractivity (Wildman–Crippen MR) is 42.6 cm³/mol. The van der Waals surface area contributed by atoms with Crippen LogP contribution in [0, 0.1) is 10.1 Å². The van der Waals surface area contributed by atoms with Gasteiger partial charge in [-0.15, -0.1) is 0 Å². The molecule has 1 aromatic rings. The first-order valence-corrected chi connectivity index (χ1v) is 3.23. The van der Waals surface area contributed by atoms with Gasteiger partial charge >= 0.3 is 0 Å². The summed E-state index contributed by atoms with van der Waals surface area (Å²) < 4.78 is 0. The van der Waals surface area contributed by atoms with E-state index in [0.717, 1.165) is 0 Å². The number of hydrogen-bond donors (Lipinski definition) is 1. The van der Waals surface area contributed by atoms with Gasteiger partial charge in [-0.05, 0) is 12.1 Å². The Hall–Kier alpha value is -1.29. The molecule has 0 fully saturated rings. The Morgan fingerprint density at radius 1 is 1.36 bits per heavy atom. The third kappa shape index (κ3) is 1.81. The molecule has 5 heteroatoms. The quantitative estimate of drug-likeness (QED) is 0.423. The van der Waals surface area contributed by atoms with E-state index in [4.69, 9.17) is 11.8 Å². The fourth-order valence-electron chi connectivity index (χ4n) is 0.646. The Balaban J connectivity index is 2.91. The number of rotatable bonds is 2. The Morgan fingerprint density at radius 3 is 2.27 bits per heavy atom. The van der Waals surface area contributed by atoms with Crippen LogP contribution in [-0.4, -0.2) is 4.92 Å². The van der Waals surface area contributed by atoms with Gasteiger partial charge in [0.15, 0.2) is 0 Å². The smallest absolute Gasteiger partial charge is 0.269 e. The van der Waals surface area contributed by atoms with Crippen LogP contribution in [-0.2, 0) is 0 Å². The van der Waals surface area contributed by atoms with Gasteiger partial charge in [-0.1, -0.05) is 0 Å². The largest absolute Gasteiger partial charge is 0.299 e. The molecule has 0 spiro atoms. The van der Waals surface area contributed by atoms with Crippen LogP contribution in [0.3, 0.4) is 0 Å². The molecule has 0 amide bonds. The lowest BCUT2D eigenvalue weighted by atomic mass is 10.3. The van der Waals surface area contributed by atoms with Crippen molar-refractivity contribution in [1.29, 1.82) is 0 Å². The Morgan fingerprint density at radius 2 is 1.91 bits per heavy atom. The average molecular weight is 173 g/mol. The maximum atomic E-state index is 10.2. The molecule has 0 saturated heterocycles. The normalized spacial score (nSPS) is 9.18. The van der Waals surface area contributed by atoms with Gasteiger partial charge in [0, 0.05) is 29.6 Å². The highest BCUT2D eigenvalue weighted by Crippen LogP contribution is 2.15. The second-order valence-corrected chi connectivity index (χ2v) is 2.09. The Kier molecular flexibility index (Phi) is 2.28. The van der Waals surface area contributed by atoms with Crippen molar-refractivity contribution in [3.05, 3.63) is 34.4 Å². The van der Waals surface area contributed by atoms with Crippen molar-refractivity contribution in [3.8, 4) is 0 Å². The lowest BCUT2D eigenvalue weighted by Crippen LogP contribution is -1.87. The zero-order chi connectivity index (χ0) is 8.27. The maximum Gasteiger partial charge on any atom is 0.269 e. The number of nitrogens with zero attached hydrogens (tertiary/aromatic N) is 1. The number of benzene rings is 1. The Labute approximate surface area is 68.0 Å². The van der Waals surface area contributed by atoms with Crippen LogP contribution in [0.25, 0.3) is 0 Å². The molecule has 0 unspecified atom stereocenters. The number of nitrogens with one attached hydrogen (secondary N) is 1. The van der Waals surface area contributed by atoms with Crippen LogP contribution in [0.2, 0.25) is 0 Å². The summed E-state index contributed by atoms with van der Waals surface area (Å²) in [5.41, 5.74) is 0.693. The van der Waals surface area contributed by atoms with Crippen LogP contribution in [0.5, 0.6) is 0 Å². The molecule has 0 radical (unpaired) electrons. The van der Waals surface area contributed by atoms with Crippen LogP contribution in [0.1, 0.15) is 0 Å². The number of hydrogen-bond acceptors (Lipinski definition) is 3. The van der Waals surface area contributed by atoms with Crippen LogP contribution >= 0.6 is 11.8 Å². The molecule has 0 atom stereocenters. The minimum absolute atomic E-state index is 0.0562. The minimum atomic E-state index is -0.460. The van der Waals surface area contributed by atoms with Crippen LogP contribution < -0.4 is 4.84 Å². The highest BCUT2D eigenvalue weighted by atomic mass is 35.5. The van der Waals surface area contributed by atoms with E-state index in [9.17, 15) is 10.1 Å². The number of anilines is 1. The van der Waals surface area contributed by atoms with Crippen molar-refractivity contribution in [2.45, 2.75) is 0 Å². The maximum absolute atomic E-state index is 10.2. The van der Waals surface area contributed by atoms with Gasteiger partial charge in [-0.25, -0.2) is 0 Å². The zero-order valence-corrected chi connectivity index (χ0v) is 6.21. The molecule has 1 rings (SSSR count). The summed E-state index contributed by atoms with van der Waals surface area (Å²) in [7, 11) is 0. The fourth-order valence-corrected chi connectivity index (χ4v) is 0.772. The molecular formula is C6H5ClN2O2. The van der Waals surface area contributed by atoms with Crippen molar-refractivity contribution >= 4 is 23.2 Å². The summed E-state index contributed by atoms with van der Waals surface area (Å²) in [6, 6.07) is 5.83. The molecule has 1 aromatic carbocycles.